The van der Waals surface area contributed by atoms with Gasteiger partial charge in [0.2, 0.25) is 0 Å². The highest BCUT2D eigenvalue weighted by Gasteiger charge is 2.43. The summed E-state index contributed by atoms with van der Waals surface area (Å²) in [4.78, 5) is 36.5. The molecule has 0 spiro atoms. The van der Waals surface area contributed by atoms with E-state index in [9.17, 15) is 19.7 Å². The van der Waals surface area contributed by atoms with Gasteiger partial charge in [0.25, 0.3) is 17.5 Å². The van der Waals surface area contributed by atoms with Crippen molar-refractivity contribution in [3.63, 3.8) is 0 Å². The van der Waals surface area contributed by atoms with E-state index in [1.165, 1.54) is 18.2 Å². The van der Waals surface area contributed by atoms with Crippen LogP contribution in [0.25, 0.3) is 0 Å². The molecule has 22 heavy (non-hydrogen) atoms. The van der Waals surface area contributed by atoms with Crippen LogP contribution in [0.1, 0.15) is 39.2 Å². The Morgan fingerprint density at radius 2 is 1.68 bits per heavy atom. The number of hydrogen-bond donors (Lipinski definition) is 0. The third kappa shape index (κ3) is 1.96. The SMILES string of the molecule is C[C@@H](c1ccccc1)N1C(=O)c2cccc([N+](=O)[O-])c2C1=O. The van der Waals surface area contributed by atoms with Crippen molar-refractivity contribution in [1.29, 1.82) is 0 Å². The van der Waals surface area contributed by atoms with Gasteiger partial charge >= 0.3 is 0 Å². The molecule has 2 amide bonds. The molecule has 6 heteroatoms. The van der Waals surface area contributed by atoms with Crippen LogP contribution in [0, 0.1) is 10.1 Å². The highest BCUT2D eigenvalue weighted by molar-refractivity contribution is 6.23. The van der Waals surface area contributed by atoms with Crippen LogP contribution in [-0.2, 0) is 0 Å². The quantitative estimate of drug-likeness (QED) is 0.495. The first kappa shape index (κ1) is 13.9. The van der Waals surface area contributed by atoms with Gasteiger partial charge in [0.05, 0.1) is 16.5 Å². The second-order valence-corrected chi connectivity index (χ2v) is 5.02. The van der Waals surface area contributed by atoms with Crippen LogP contribution in [0.15, 0.2) is 48.5 Å². The number of carbonyl (C=O) groups excluding carboxylic acids is 2. The van der Waals surface area contributed by atoms with Crippen LogP contribution in [-0.4, -0.2) is 21.6 Å². The monoisotopic (exact) mass is 296 g/mol. The van der Waals surface area contributed by atoms with Crippen molar-refractivity contribution in [3.05, 3.63) is 75.3 Å². The zero-order valence-electron chi connectivity index (χ0n) is 11.7. The molecular weight excluding hydrogens is 284 g/mol. The lowest BCUT2D eigenvalue weighted by molar-refractivity contribution is -0.385. The average molecular weight is 296 g/mol. The van der Waals surface area contributed by atoms with Crippen molar-refractivity contribution >= 4 is 17.5 Å². The minimum atomic E-state index is -0.638. The number of rotatable bonds is 3. The molecule has 0 aromatic heterocycles. The summed E-state index contributed by atoms with van der Waals surface area (Å²) in [7, 11) is 0. The molecule has 1 aliphatic heterocycles. The fourth-order valence-corrected chi connectivity index (χ4v) is 2.67. The van der Waals surface area contributed by atoms with E-state index in [0.717, 1.165) is 10.5 Å². The molecule has 0 saturated heterocycles. The standard InChI is InChI=1S/C16H12N2O4/c1-10(11-6-3-2-4-7-11)17-15(19)12-8-5-9-13(18(21)22)14(12)16(17)20/h2-10H,1H3/t10-/m0/s1. The zero-order chi connectivity index (χ0) is 15.9. The molecule has 0 fully saturated rings. The maximum absolute atomic E-state index is 12.5. The topological polar surface area (TPSA) is 80.5 Å². The smallest absolute Gasteiger partial charge is 0.269 e. The van der Waals surface area contributed by atoms with E-state index >= 15 is 0 Å². The molecule has 0 saturated carbocycles. The first-order valence-corrected chi connectivity index (χ1v) is 6.72. The average Bonchev–Trinajstić information content (AvgIpc) is 2.79. The van der Waals surface area contributed by atoms with Crippen LogP contribution in [0.3, 0.4) is 0 Å². The predicted molar refractivity (Wildman–Crippen MR) is 78.5 cm³/mol. The first-order valence-electron chi connectivity index (χ1n) is 6.72. The van der Waals surface area contributed by atoms with Crippen LogP contribution in [0.4, 0.5) is 5.69 Å². The molecule has 110 valence electrons. The van der Waals surface area contributed by atoms with Gasteiger partial charge < -0.3 is 0 Å². The van der Waals surface area contributed by atoms with Crippen LogP contribution < -0.4 is 0 Å². The van der Waals surface area contributed by atoms with Crippen molar-refractivity contribution in [3.8, 4) is 0 Å². The third-order valence-corrected chi connectivity index (χ3v) is 3.79. The summed E-state index contributed by atoms with van der Waals surface area (Å²) in [5.74, 6) is -1.12. The minimum Gasteiger partial charge on any atom is -0.269 e. The van der Waals surface area contributed by atoms with E-state index in [1.807, 2.05) is 30.3 Å². The summed E-state index contributed by atoms with van der Waals surface area (Å²) in [5.41, 5.74) is 0.417. The largest absolute Gasteiger partial charge is 0.282 e. The second-order valence-electron chi connectivity index (χ2n) is 5.02. The molecule has 0 bridgehead atoms. The van der Waals surface area contributed by atoms with Crippen LogP contribution >= 0.6 is 0 Å². The summed E-state index contributed by atoms with van der Waals surface area (Å²) < 4.78 is 0. The van der Waals surface area contributed by atoms with Gasteiger partial charge in [-0.2, -0.15) is 0 Å². The summed E-state index contributed by atoms with van der Waals surface area (Å²) >= 11 is 0. The molecule has 0 aliphatic carbocycles. The van der Waals surface area contributed by atoms with Gasteiger partial charge in [-0.3, -0.25) is 24.6 Å². The predicted octanol–water partition coefficient (Wildman–Crippen LogP) is 2.95. The Kier molecular flexibility index (Phi) is 3.21. The minimum absolute atomic E-state index is 0.0852. The van der Waals surface area contributed by atoms with Crippen molar-refractivity contribution in [1.82, 2.24) is 4.90 Å². The Hall–Kier alpha value is -3.02. The zero-order valence-corrected chi connectivity index (χ0v) is 11.7. The fourth-order valence-electron chi connectivity index (χ4n) is 2.67. The van der Waals surface area contributed by atoms with Gasteiger partial charge in [0.15, 0.2) is 0 Å². The fraction of sp³-hybridized carbons (Fsp3) is 0.125. The molecular formula is C16H12N2O4. The lowest BCUT2D eigenvalue weighted by atomic mass is 10.1. The van der Waals surface area contributed by atoms with Crippen molar-refractivity contribution < 1.29 is 14.5 Å². The molecule has 0 unspecified atom stereocenters. The Balaban J connectivity index is 2.08. The molecule has 6 nitrogen and oxygen atoms in total. The molecule has 1 aliphatic rings. The number of nitro groups is 1. The van der Waals surface area contributed by atoms with Crippen LogP contribution in [0.2, 0.25) is 0 Å². The molecule has 2 aromatic carbocycles. The number of nitro benzene ring substituents is 1. The van der Waals surface area contributed by atoms with E-state index in [-0.39, 0.29) is 16.8 Å². The number of carbonyl (C=O) groups is 2. The Morgan fingerprint density at radius 3 is 2.32 bits per heavy atom. The number of imide groups is 1. The maximum atomic E-state index is 12.5. The Morgan fingerprint density at radius 1 is 1.00 bits per heavy atom. The number of amides is 2. The van der Waals surface area contributed by atoms with E-state index in [0.29, 0.717) is 0 Å². The van der Waals surface area contributed by atoms with Gasteiger partial charge in [-0.05, 0) is 18.6 Å². The van der Waals surface area contributed by atoms with E-state index in [2.05, 4.69) is 0 Å². The van der Waals surface area contributed by atoms with Gasteiger partial charge in [0.1, 0.15) is 5.56 Å². The highest BCUT2D eigenvalue weighted by atomic mass is 16.6. The van der Waals surface area contributed by atoms with E-state index in [1.54, 1.807) is 6.92 Å². The lowest BCUT2D eigenvalue weighted by Crippen LogP contribution is -2.32. The van der Waals surface area contributed by atoms with E-state index < -0.39 is 22.8 Å². The maximum Gasteiger partial charge on any atom is 0.282 e. The Labute approximate surface area is 126 Å². The molecule has 1 heterocycles. The number of fused-ring (bicyclic) bond motifs is 1. The Bertz CT molecular complexity index is 786. The molecule has 0 radical (unpaired) electrons. The van der Waals surface area contributed by atoms with Gasteiger partial charge in [-0.25, -0.2) is 0 Å². The lowest BCUT2D eigenvalue weighted by Gasteiger charge is -2.22. The summed E-state index contributed by atoms with van der Waals surface area (Å²) in [6.45, 7) is 1.73. The highest BCUT2D eigenvalue weighted by Crippen LogP contribution is 2.35. The summed E-state index contributed by atoms with van der Waals surface area (Å²) in [5, 5.41) is 11.1. The molecule has 2 aromatic rings. The van der Waals surface area contributed by atoms with Gasteiger partial charge in [0, 0.05) is 6.07 Å². The van der Waals surface area contributed by atoms with Crippen molar-refractivity contribution in [2.24, 2.45) is 0 Å². The summed E-state index contributed by atoms with van der Waals surface area (Å²) in [6, 6.07) is 12.7. The second kappa shape index (κ2) is 5.07. The molecule has 0 N–H and O–H groups in total. The van der Waals surface area contributed by atoms with Crippen molar-refractivity contribution in [2.75, 3.05) is 0 Å². The van der Waals surface area contributed by atoms with Gasteiger partial charge in [-0.15, -0.1) is 0 Å². The summed E-state index contributed by atoms with van der Waals surface area (Å²) in [6.07, 6.45) is 0. The molecule has 1 atom stereocenters. The number of nitrogens with zero attached hydrogens (tertiary/aromatic N) is 2. The third-order valence-electron chi connectivity index (χ3n) is 3.79. The van der Waals surface area contributed by atoms with Crippen LogP contribution in [0.5, 0.6) is 0 Å². The normalized spacial score (nSPS) is 14.9. The van der Waals surface area contributed by atoms with Crippen molar-refractivity contribution in [2.45, 2.75) is 13.0 Å². The number of hydrogen-bond acceptors (Lipinski definition) is 4. The first-order chi connectivity index (χ1) is 10.5. The van der Waals surface area contributed by atoms with Gasteiger partial charge in [-0.1, -0.05) is 36.4 Å². The molecule has 3 rings (SSSR count). The van der Waals surface area contributed by atoms with E-state index in [4.69, 9.17) is 0 Å². The number of benzene rings is 2.